The molecule has 154 valence electrons. The average molecular weight is 550 g/mol. The first-order chi connectivity index (χ1) is 11.7. The standard InChI is InChI=1S/C21H44Br2N.BrH/c1-3-4-5-6-7-8-9-10-11-12-13-14-15-16-19-24(2,20-17-22)21-18-23;/h3-21H2,1-2H3;1H/q+1;/p-1. The van der Waals surface area contributed by atoms with E-state index >= 15 is 0 Å². The zero-order valence-corrected chi connectivity index (χ0v) is 21.8. The highest BCUT2D eigenvalue weighted by Gasteiger charge is 2.18. The lowest BCUT2D eigenvalue weighted by molar-refractivity contribution is -0.904. The number of halogens is 3. The van der Waals surface area contributed by atoms with Crippen molar-refractivity contribution in [3.63, 3.8) is 0 Å². The zero-order chi connectivity index (χ0) is 17.9. The van der Waals surface area contributed by atoms with Crippen molar-refractivity contribution in [2.45, 2.75) is 96.8 Å². The van der Waals surface area contributed by atoms with Crippen LogP contribution in [0.25, 0.3) is 0 Å². The highest BCUT2D eigenvalue weighted by molar-refractivity contribution is 9.09. The summed E-state index contributed by atoms with van der Waals surface area (Å²) in [6.45, 7) is 6.15. The van der Waals surface area contributed by atoms with E-state index in [1.165, 1.54) is 114 Å². The molecule has 0 radical (unpaired) electrons. The molecule has 0 aromatic rings. The number of hydrogen-bond donors (Lipinski definition) is 0. The van der Waals surface area contributed by atoms with Crippen LogP contribution in [0.5, 0.6) is 0 Å². The van der Waals surface area contributed by atoms with Gasteiger partial charge in [-0.3, -0.25) is 0 Å². The van der Waals surface area contributed by atoms with Crippen molar-refractivity contribution in [1.82, 2.24) is 0 Å². The first-order valence-electron chi connectivity index (χ1n) is 10.6. The van der Waals surface area contributed by atoms with E-state index in [1.807, 2.05) is 0 Å². The predicted octanol–water partition coefficient (Wildman–Crippen LogP) is 4.71. The number of hydrogen-bond acceptors (Lipinski definition) is 0. The van der Waals surface area contributed by atoms with Crippen molar-refractivity contribution >= 4 is 31.9 Å². The first-order valence-corrected chi connectivity index (χ1v) is 12.9. The summed E-state index contributed by atoms with van der Waals surface area (Å²) in [5.41, 5.74) is 0. The Morgan fingerprint density at radius 3 is 1.16 bits per heavy atom. The minimum Gasteiger partial charge on any atom is -1.00 e. The SMILES string of the molecule is CCCCCCCCCCCCCCCC[N+](C)(CCBr)CCBr.[Br-]. The highest BCUT2D eigenvalue weighted by Crippen LogP contribution is 2.14. The van der Waals surface area contributed by atoms with E-state index in [2.05, 4.69) is 45.8 Å². The second-order valence-corrected chi connectivity index (χ2v) is 9.35. The smallest absolute Gasteiger partial charge is 0.0883 e. The van der Waals surface area contributed by atoms with Crippen molar-refractivity contribution in [3.8, 4) is 0 Å². The Balaban J connectivity index is 0. The molecule has 0 fully saturated rings. The van der Waals surface area contributed by atoms with Gasteiger partial charge in [0.05, 0.1) is 37.3 Å². The second-order valence-electron chi connectivity index (χ2n) is 7.76. The van der Waals surface area contributed by atoms with Crippen molar-refractivity contribution in [2.75, 3.05) is 37.3 Å². The van der Waals surface area contributed by atoms with Crippen LogP contribution in [0.4, 0.5) is 0 Å². The van der Waals surface area contributed by atoms with Gasteiger partial charge in [-0.1, -0.05) is 116 Å². The molecule has 0 atom stereocenters. The van der Waals surface area contributed by atoms with Gasteiger partial charge < -0.3 is 21.5 Å². The first kappa shape index (κ1) is 28.6. The van der Waals surface area contributed by atoms with E-state index in [0.717, 1.165) is 10.7 Å². The molecule has 0 aliphatic heterocycles. The molecule has 0 saturated heterocycles. The van der Waals surface area contributed by atoms with Crippen LogP contribution in [-0.4, -0.2) is 41.8 Å². The largest absolute Gasteiger partial charge is 1.00 e. The molecule has 0 spiro atoms. The Hall–Kier alpha value is 1.40. The fourth-order valence-electron chi connectivity index (χ4n) is 3.43. The van der Waals surface area contributed by atoms with Crippen molar-refractivity contribution < 1.29 is 21.5 Å². The van der Waals surface area contributed by atoms with Gasteiger partial charge in [0, 0.05) is 0 Å². The molecule has 0 heterocycles. The summed E-state index contributed by atoms with van der Waals surface area (Å²) in [5, 5.41) is 2.24. The van der Waals surface area contributed by atoms with Gasteiger partial charge in [-0.15, -0.1) is 0 Å². The van der Waals surface area contributed by atoms with E-state index in [0.29, 0.717) is 0 Å². The van der Waals surface area contributed by atoms with Gasteiger partial charge in [-0.25, -0.2) is 0 Å². The third-order valence-electron chi connectivity index (χ3n) is 5.30. The fourth-order valence-corrected chi connectivity index (χ4v) is 5.14. The maximum Gasteiger partial charge on any atom is 0.0883 e. The van der Waals surface area contributed by atoms with Gasteiger partial charge in [-0.2, -0.15) is 0 Å². The molecule has 0 amide bonds. The van der Waals surface area contributed by atoms with Gasteiger partial charge in [0.1, 0.15) is 0 Å². The third-order valence-corrected chi connectivity index (χ3v) is 6.01. The Labute approximate surface area is 186 Å². The van der Waals surface area contributed by atoms with Gasteiger partial charge in [0.15, 0.2) is 0 Å². The molecule has 0 aromatic heterocycles. The van der Waals surface area contributed by atoms with Crippen LogP contribution >= 0.6 is 31.9 Å². The Morgan fingerprint density at radius 2 is 0.840 bits per heavy atom. The maximum atomic E-state index is 3.61. The highest BCUT2D eigenvalue weighted by atomic mass is 79.9. The molecular weight excluding hydrogens is 506 g/mol. The van der Waals surface area contributed by atoms with Gasteiger partial charge >= 0.3 is 0 Å². The molecule has 0 N–H and O–H groups in total. The van der Waals surface area contributed by atoms with Crippen LogP contribution in [0.3, 0.4) is 0 Å². The lowest BCUT2D eigenvalue weighted by Crippen LogP contribution is -3.00. The summed E-state index contributed by atoms with van der Waals surface area (Å²) >= 11 is 7.22. The normalized spacial score (nSPS) is 11.5. The Bertz CT molecular complexity index is 243. The third kappa shape index (κ3) is 20.0. The minimum absolute atomic E-state index is 0. The molecule has 4 heteroatoms. The lowest BCUT2D eigenvalue weighted by atomic mass is 10.0. The Morgan fingerprint density at radius 1 is 0.520 bits per heavy atom. The van der Waals surface area contributed by atoms with E-state index in [1.54, 1.807) is 0 Å². The number of nitrogens with zero attached hydrogens (tertiary/aromatic N) is 1. The molecule has 1 nitrogen and oxygen atoms in total. The van der Waals surface area contributed by atoms with E-state index in [4.69, 9.17) is 0 Å². The molecule has 25 heavy (non-hydrogen) atoms. The van der Waals surface area contributed by atoms with E-state index in [-0.39, 0.29) is 17.0 Å². The molecule has 0 aliphatic rings. The van der Waals surface area contributed by atoms with Crippen molar-refractivity contribution in [2.24, 2.45) is 0 Å². The van der Waals surface area contributed by atoms with Crippen LogP contribution < -0.4 is 17.0 Å². The monoisotopic (exact) mass is 547 g/mol. The van der Waals surface area contributed by atoms with Crippen LogP contribution in [0, 0.1) is 0 Å². The van der Waals surface area contributed by atoms with Crippen LogP contribution in [0.1, 0.15) is 96.8 Å². The molecular formula is C21H44Br3N. The average Bonchev–Trinajstić information content (AvgIpc) is 2.55. The van der Waals surface area contributed by atoms with E-state index in [9.17, 15) is 0 Å². The summed E-state index contributed by atoms with van der Waals surface area (Å²) in [7, 11) is 2.41. The van der Waals surface area contributed by atoms with Crippen LogP contribution in [0.2, 0.25) is 0 Å². The number of quaternary nitrogens is 1. The summed E-state index contributed by atoms with van der Waals surface area (Å²) in [6, 6.07) is 0. The summed E-state index contributed by atoms with van der Waals surface area (Å²) in [6.07, 6.45) is 20.3. The molecule has 0 unspecified atom stereocenters. The van der Waals surface area contributed by atoms with Crippen molar-refractivity contribution in [3.05, 3.63) is 0 Å². The van der Waals surface area contributed by atoms with Gasteiger partial charge in [0.25, 0.3) is 0 Å². The Kier molecular flexibility index (Phi) is 24.8. The summed E-state index contributed by atoms with van der Waals surface area (Å²) < 4.78 is 1.22. The summed E-state index contributed by atoms with van der Waals surface area (Å²) in [5.74, 6) is 0. The number of rotatable bonds is 19. The lowest BCUT2D eigenvalue weighted by Gasteiger charge is -2.33. The molecule has 0 saturated carbocycles. The molecule has 0 aromatic carbocycles. The van der Waals surface area contributed by atoms with Crippen LogP contribution in [0.15, 0.2) is 0 Å². The maximum absolute atomic E-state index is 3.61. The zero-order valence-electron chi connectivity index (χ0n) is 17.0. The van der Waals surface area contributed by atoms with Gasteiger partial charge in [-0.05, 0) is 12.8 Å². The molecule has 0 aliphatic carbocycles. The topological polar surface area (TPSA) is 0 Å². The second kappa shape index (κ2) is 21.7. The number of unbranched alkanes of at least 4 members (excludes halogenated alkanes) is 13. The minimum atomic E-state index is 0. The van der Waals surface area contributed by atoms with Crippen LogP contribution in [-0.2, 0) is 0 Å². The molecule has 0 rings (SSSR count). The predicted molar refractivity (Wildman–Crippen MR) is 119 cm³/mol. The summed E-state index contributed by atoms with van der Waals surface area (Å²) in [4.78, 5) is 0. The van der Waals surface area contributed by atoms with E-state index < -0.39 is 0 Å². The fraction of sp³-hybridized carbons (Fsp3) is 1.00. The molecule has 0 bridgehead atoms. The number of alkyl halides is 2. The van der Waals surface area contributed by atoms with Gasteiger partial charge in [0.2, 0.25) is 0 Å². The van der Waals surface area contributed by atoms with Crippen molar-refractivity contribution in [1.29, 1.82) is 0 Å². The quantitative estimate of drug-likeness (QED) is 0.124.